The standard InChI is InChI=1S/C12H25N3O/c1-2-8-16-9-7-14-10-12(11-14)15-5-3-13-4-6-15/h12-13H,2-11H2,1H3. The zero-order valence-corrected chi connectivity index (χ0v) is 10.5. The normalized spacial score (nSPS) is 24.6. The van der Waals surface area contributed by atoms with Crippen molar-refractivity contribution in [2.45, 2.75) is 19.4 Å². The monoisotopic (exact) mass is 227 g/mol. The van der Waals surface area contributed by atoms with Crippen LogP contribution in [-0.4, -0.2) is 74.9 Å². The lowest BCUT2D eigenvalue weighted by Gasteiger charge is -2.46. The molecule has 0 unspecified atom stereocenters. The van der Waals surface area contributed by atoms with E-state index in [1.807, 2.05) is 0 Å². The first kappa shape index (κ1) is 12.3. The average molecular weight is 227 g/mol. The van der Waals surface area contributed by atoms with Gasteiger partial charge in [0.2, 0.25) is 0 Å². The Labute approximate surface area is 98.9 Å². The zero-order valence-electron chi connectivity index (χ0n) is 10.5. The summed E-state index contributed by atoms with van der Waals surface area (Å²) in [4.78, 5) is 5.13. The summed E-state index contributed by atoms with van der Waals surface area (Å²) in [6, 6.07) is 0.813. The number of piperazine rings is 1. The number of nitrogens with zero attached hydrogens (tertiary/aromatic N) is 2. The van der Waals surface area contributed by atoms with Gasteiger partial charge in [0.25, 0.3) is 0 Å². The molecule has 1 N–H and O–H groups in total. The molecule has 16 heavy (non-hydrogen) atoms. The van der Waals surface area contributed by atoms with Crippen LogP contribution in [0, 0.1) is 0 Å². The molecule has 2 rings (SSSR count). The van der Waals surface area contributed by atoms with E-state index in [4.69, 9.17) is 4.74 Å². The van der Waals surface area contributed by atoms with Gasteiger partial charge in [0.1, 0.15) is 0 Å². The Bertz CT molecular complexity index is 189. The van der Waals surface area contributed by atoms with Crippen LogP contribution < -0.4 is 5.32 Å². The number of hydrogen-bond acceptors (Lipinski definition) is 4. The summed E-state index contributed by atoms with van der Waals surface area (Å²) >= 11 is 0. The summed E-state index contributed by atoms with van der Waals surface area (Å²) in [6.07, 6.45) is 1.13. The SMILES string of the molecule is CCCOCCN1CC(N2CCNCC2)C1. The number of likely N-dealkylation sites (tertiary alicyclic amines) is 1. The maximum Gasteiger partial charge on any atom is 0.0593 e. The second kappa shape index (κ2) is 6.55. The van der Waals surface area contributed by atoms with E-state index >= 15 is 0 Å². The Kier molecular flexibility index (Phi) is 5.03. The van der Waals surface area contributed by atoms with E-state index in [2.05, 4.69) is 22.0 Å². The third-order valence-electron chi connectivity index (χ3n) is 3.51. The van der Waals surface area contributed by atoms with Gasteiger partial charge in [0.05, 0.1) is 6.61 Å². The van der Waals surface area contributed by atoms with Crippen molar-refractivity contribution in [1.82, 2.24) is 15.1 Å². The van der Waals surface area contributed by atoms with Crippen LogP contribution in [0.4, 0.5) is 0 Å². The number of nitrogens with one attached hydrogen (secondary N) is 1. The predicted octanol–water partition coefficient (Wildman–Crippen LogP) is 0.00240. The maximum absolute atomic E-state index is 5.50. The minimum Gasteiger partial charge on any atom is -0.380 e. The van der Waals surface area contributed by atoms with E-state index in [9.17, 15) is 0 Å². The summed E-state index contributed by atoms with van der Waals surface area (Å²) in [5.41, 5.74) is 0. The van der Waals surface area contributed by atoms with Crippen LogP contribution in [-0.2, 0) is 4.74 Å². The van der Waals surface area contributed by atoms with Gasteiger partial charge in [-0.2, -0.15) is 0 Å². The Balaban J connectivity index is 1.51. The molecule has 94 valence electrons. The zero-order chi connectivity index (χ0) is 11.2. The van der Waals surface area contributed by atoms with Gasteiger partial charge in [0, 0.05) is 58.5 Å². The summed E-state index contributed by atoms with van der Waals surface area (Å²) < 4.78 is 5.50. The molecule has 0 aromatic heterocycles. The predicted molar refractivity (Wildman–Crippen MR) is 65.8 cm³/mol. The molecule has 2 saturated heterocycles. The molecule has 2 aliphatic heterocycles. The lowest BCUT2D eigenvalue weighted by molar-refractivity contribution is 0.00698. The summed E-state index contributed by atoms with van der Waals surface area (Å²) in [5.74, 6) is 0. The van der Waals surface area contributed by atoms with Gasteiger partial charge >= 0.3 is 0 Å². The molecule has 0 bridgehead atoms. The Morgan fingerprint density at radius 1 is 1.19 bits per heavy atom. The van der Waals surface area contributed by atoms with Gasteiger partial charge < -0.3 is 10.1 Å². The highest BCUT2D eigenvalue weighted by Crippen LogP contribution is 2.14. The van der Waals surface area contributed by atoms with Crippen molar-refractivity contribution >= 4 is 0 Å². The van der Waals surface area contributed by atoms with Crippen LogP contribution in [0.1, 0.15) is 13.3 Å². The van der Waals surface area contributed by atoms with Gasteiger partial charge in [0.15, 0.2) is 0 Å². The fourth-order valence-electron chi connectivity index (χ4n) is 2.44. The largest absolute Gasteiger partial charge is 0.380 e. The third-order valence-corrected chi connectivity index (χ3v) is 3.51. The van der Waals surface area contributed by atoms with E-state index in [1.54, 1.807) is 0 Å². The van der Waals surface area contributed by atoms with Crippen molar-refractivity contribution in [2.75, 3.05) is 59.0 Å². The van der Waals surface area contributed by atoms with E-state index in [0.29, 0.717) is 0 Å². The molecule has 0 spiro atoms. The van der Waals surface area contributed by atoms with Gasteiger partial charge in [-0.25, -0.2) is 0 Å². The first-order valence-corrected chi connectivity index (χ1v) is 6.65. The third kappa shape index (κ3) is 3.42. The molecular formula is C12H25N3O. The first-order chi connectivity index (χ1) is 7.90. The fourth-order valence-corrected chi connectivity index (χ4v) is 2.44. The van der Waals surface area contributed by atoms with Crippen LogP contribution in [0.5, 0.6) is 0 Å². The van der Waals surface area contributed by atoms with Gasteiger partial charge in [-0.3, -0.25) is 9.80 Å². The molecule has 0 amide bonds. The Morgan fingerprint density at radius 2 is 1.94 bits per heavy atom. The van der Waals surface area contributed by atoms with Crippen molar-refractivity contribution in [3.63, 3.8) is 0 Å². The van der Waals surface area contributed by atoms with E-state index < -0.39 is 0 Å². The lowest BCUT2D eigenvalue weighted by atomic mass is 10.1. The second-order valence-corrected chi connectivity index (χ2v) is 4.81. The number of ether oxygens (including phenoxy) is 1. The summed E-state index contributed by atoms with van der Waals surface area (Å²) in [5, 5.41) is 3.40. The highest BCUT2D eigenvalue weighted by molar-refractivity contribution is 4.89. The summed E-state index contributed by atoms with van der Waals surface area (Å²) in [6.45, 7) is 12.4. The molecule has 0 aliphatic carbocycles. The van der Waals surface area contributed by atoms with E-state index in [-0.39, 0.29) is 0 Å². The van der Waals surface area contributed by atoms with E-state index in [0.717, 1.165) is 45.3 Å². The van der Waals surface area contributed by atoms with Crippen molar-refractivity contribution in [3.05, 3.63) is 0 Å². The average Bonchev–Trinajstić information content (AvgIpc) is 2.28. The van der Waals surface area contributed by atoms with Crippen molar-refractivity contribution < 1.29 is 4.74 Å². The first-order valence-electron chi connectivity index (χ1n) is 6.65. The fraction of sp³-hybridized carbons (Fsp3) is 1.00. The second-order valence-electron chi connectivity index (χ2n) is 4.81. The maximum atomic E-state index is 5.50. The summed E-state index contributed by atoms with van der Waals surface area (Å²) in [7, 11) is 0. The number of rotatable bonds is 6. The molecular weight excluding hydrogens is 202 g/mol. The van der Waals surface area contributed by atoms with Crippen molar-refractivity contribution in [3.8, 4) is 0 Å². The smallest absolute Gasteiger partial charge is 0.0593 e. The Hall–Kier alpha value is -0.160. The molecule has 2 fully saturated rings. The van der Waals surface area contributed by atoms with Crippen LogP contribution >= 0.6 is 0 Å². The van der Waals surface area contributed by atoms with Crippen LogP contribution in [0.15, 0.2) is 0 Å². The van der Waals surface area contributed by atoms with Crippen LogP contribution in [0.2, 0.25) is 0 Å². The van der Waals surface area contributed by atoms with Gasteiger partial charge in [-0.15, -0.1) is 0 Å². The molecule has 4 nitrogen and oxygen atoms in total. The molecule has 0 atom stereocenters. The van der Waals surface area contributed by atoms with Crippen molar-refractivity contribution in [2.24, 2.45) is 0 Å². The van der Waals surface area contributed by atoms with Crippen LogP contribution in [0.25, 0.3) is 0 Å². The molecule has 0 aromatic carbocycles. The topological polar surface area (TPSA) is 27.7 Å². The quantitative estimate of drug-likeness (QED) is 0.647. The molecule has 0 aromatic rings. The van der Waals surface area contributed by atoms with Gasteiger partial charge in [-0.1, -0.05) is 6.92 Å². The minimum absolute atomic E-state index is 0.813. The van der Waals surface area contributed by atoms with E-state index in [1.165, 1.54) is 26.2 Å². The van der Waals surface area contributed by atoms with Gasteiger partial charge in [-0.05, 0) is 6.42 Å². The molecule has 2 heterocycles. The highest BCUT2D eigenvalue weighted by Gasteiger charge is 2.31. The Morgan fingerprint density at radius 3 is 2.62 bits per heavy atom. The lowest BCUT2D eigenvalue weighted by Crippen LogP contribution is -2.63. The minimum atomic E-state index is 0.813. The molecule has 4 heteroatoms. The molecule has 0 radical (unpaired) electrons. The highest BCUT2D eigenvalue weighted by atomic mass is 16.5. The molecule has 0 saturated carbocycles. The number of hydrogen-bond donors (Lipinski definition) is 1. The van der Waals surface area contributed by atoms with Crippen LogP contribution in [0.3, 0.4) is 0 Å². The van der Waals surface area contributed by atoms with Crippen molar-refractivity contribution in [1.29, 1.82) is 0 Å². The molecule has 2 aliphatic rings.